The number of carbonyl (C=O) groups is 1. The van der Waals surface area contributed by atoms with Crippen LogP contribution < -0.4 is 5.73 Å². The first-order valence-electron chi connectivity index (χ1n) is 7.93. The Morgan fingerprint density at radius 1 is 1.37 bits per heavy atom. The molecule has 27 heavy (non-hydrogen) atoms. The highest BCUT2D eigenvalue weighted by Gasteiger charge is 2.25. The van der Waals surface area contributed by atoms with Gasteiger partial charge in [0.25, 0.3) is 0 Å². The summed E-state index contributed by atoms with van der Waals surface area (Å²) in [6.45, 7) is 3.70. The lowest BCUT2D eigenvalue weighted by Crippen LogP contribution is -2.09. The number of thiophene rings is 1. The van der Waals surface area contributed by atoms with E-state index in [-0.39, 0.29) is 22.2 Å². The second kappa shape index (κ2) is 8.73. The zero-order valence-electron chi connectivity index (χ0n) is 15.1. The molecular formula is C18H20N2O4S3. The molecule has 9 heteroatoms. The number of rotatable bonds is 7. The second-order valence-electron chi connectivity index (χ2n) is 5.49. The number of nitrogens with two attached hydrogens (primary N) is 1. The molecule has 0 unspecified atom stereocenters. The Balaban J connectivity index is 2.49. The maximum absolute atomic E-state index is 13.1. The number of thioether (sulfide) groups is 1. The fourth-order valence-electron chi connectivity index (χ4n) is 2.30. The van der Waals surface area contributed by atoms with Gasteiger partial charge in [0.15, 0.2) is 0 Å². The average Bonchev–Trinajstić information content (AvgIpc) is 3.07. The number of carbonyl (C=O) groups excluding carboxylic acids is 1. The highest BCUT2D eigenvalue weighted by molar-refractivity contribution is 8.01. The van der Waals surface area contributed by atoms with E-state index < -0.39 is 15.8 Å². The summed E-state index contributed by atoms with van der Waals surface area (Å²) in [6.07, 6.45) is 3.11. The predicted molar refractivity (Wildman–Crippen MR) is 109 cm³/mol. The van der Waals surface area contributed by atoms with Gasteiger partial charge in [-0.2, -0.15) is 0 Å². The van der Waals surface area contributed by atoms with Crippen LogP contribution in [0.25, 0.3) is 5.57 Å². The van der Waals surface area contributed by atoms with Crippen molar-refractivity contribution in [3.63, 3.8) is 0 Å². The van der Waals surface area contributed by atoms with Crippen molar-refractivity contribution in [1.82, 2.24) is 0 Å². The van der Waals surface area contributed by atoms with Crippen LogP contribution in [0.2, 0.25) is 0 Å². The molecule has 0 aliphatic rings. The normalized spacial score (nSPS) is 12.0. The molecule has 0 spiro atoms. The lowest BCUT2D eigenvalue weighted by molar-refractivity contribution is -0.137. The number of nitrogens with one attached hydrogen (secondary N) is 1. The summed E-state index contributed by atoms with van der Waals surface area (Å²) in [5.74, 6) is -0.643. The number of nitrogen functional groups attached to an aromatic ring is 1. The molecule has 1 aromatic carbocycles. The van der Waals surface area contributed by atoms with E-state index in [0.717, 1.165) is 0 Å². The van der Waals surface area contributed by atoms with E-state index in [2.05, 4.69) is 0 Å². The van der Waals surface area contributed by atoms with E-state index in [4.69, 9.17) is 15.9 Å². The number of amidine groups is 1. The summed E-state index contributed by atoms with van der Waals surface area (Å²) >= 11 is 2.47. The molecule has 1 aromatic heterocycles. The third-order valence-electron chi connectivity index (χ3n) is 3.63. The first-order valence-corrected chi connectivity index (χ1v) is 11.5. The van der Waals surface area contributed by atoms with Gasteiger partial charge in [-0.1, -0.05) is 12.1 Å². The van der Waals surface area contributed by atoms with Crippen molar-refractivity contribution in [2.24, 2.45) is 5.73 Å². The molecule has 0 aliphatic carbocycles. The van der Waals surface area contributed by atoms with Crippen LogP contribution in [0, 0.1) is 5.41 Å². The Hall–Kier alpha value is -2.10. The van der Waals surface area contributed by atoms with Gasteiger partial charge < -0.3 is 10.5 Å². The van der Waals surface area contributed by atoms with E-state index >= 15 is 0 Å². The number of sulfone groups is 1. The summed E-state index contributed by atoms with van der Waals surface area (Å²) in [6, 6.07) is 7.82. The first kappa shape index (κ1) is 21.2. The number of hydrogen-bond acceptors (Lipinski definition) is 7. The molecule has 0 amide bonds. The second-order valence-corrected chi connectivity index (χ2v) is 9.54. The van der Waals surface area contributed by atoms with Crippen molar-refractivity contribution in [1.29, 1.82) is 5.41 Å². The minimum Gasteiger partial charge on any atom is -0.463 e. The fraction of sp³-hybridized carbons (Fsp3) is 0.222. The highest BCUT2D eigenvalue weighted by Crippen LogP contribution is 2.37. The zero-order valence-corrected chi connectivity index (χ0v) is 17.6. The van der Waals surface area contributed by atoms with E-state index in [1.54, 1.807) is 32.2 Å². The molecule has 0 aliphatic heterocycles. The summed E-state index contributed by atoms with van der Waals surface area (Å²) in [5.41, 5.74) is 6.72. The van der Waals surface area contributed by atoms with Crippen molar-refractivity contribution in [3.8, 4) is 0 Å². The van der Waals surface area contributed by atoms with Crippen LogP contribution in [0.4, 0.5) is 0 Å². The van der Waals surface area contributed by atoms with Crippen LogP contribution in [0.3, 0.4) is 0 Å². The predicted octanol–water partition coefficient (Wildman–Crippen LogP) is 3.55. The summed E-state index contributed by atoms with van der Waals surface area (Å²) in [5, 5.41) is 7.55. The first-order chi connectivity index (χ1) is 12.7. The molecule has 2 aromatic rings. The number of ether oxygens (including phenoxy) is 1. The van der Waals surface area contributed by atoms with E-state index in [1.165, 1.54) is 47.4 Å². The molecule has 0 saturated heterocycles. The van der Waals surface area contributed by atoms with Gasteiger partial charge in [-0.3, -0.25) is 5.41 Å². The number of esters is 1. The summed E-state index contributed by atoms with van der Waals surface area (Å²) in [7, 11) is -3.80. The maximum atomic E-state index is 13.1. The summed E-state index contributed by atoms with van der Waals surface area (Å²) < 4.78 is 31.7. The van der Waals surface area contributed by atoms with Crippen molar-refractivity contribution >= 4 is 50.3 Å². The molecule has 0 bridgehead atoms. The lowest BCUT2D eigenvalue weighted by Gasteiger charge is -2.08. The van der Waals surface area contributed by atoms with Crippen molar-refractivity contribution in [2.75, 3.05) is 12.9 Å². The lowest BCUT2D eigenvalue weighted by atomic mass is 10.1. The van der Waals surface area contributed by atoms with Crippen LogP contribution in [0.5, 0.6) is 0 Å². The Kier molecular flexibility index (Phi) is 6.85. The standard InChI is InChI=1S/C18H20N2O4S3/c1-4-24-16(21)8-11(2)12-6-5-7-13(9-12)27(22,23)15-10-14(17(19)20)26-18(15)25-3/h5-10H,4H2,1-3H3,(H3,19,20)/b11-8-. The highest BCUT2D eigenvalue weighted by atomic mass is 32.2. The molecule has 0 radical (unpaired) electrons. The van der Waals surface area contributed by atoms with Gasteiger partial charge in [0, 0.05) is 6.08 Å². The van der Waals surface area contributed by atoms with Crippen LogP contribution in [-0.4, -0.2) is 33.1 Å². The van der Waals surface area contributed by atoms with Gasteiger partial charge in [0.1, 0.15) is 5.84 Å². The molecule has 0 atom stereocenters. The molecule has 144 valence electrons. The SMILES string of the molecule is CCOC(=O)/C=C(/C)c1cccc(S(=O)(=O)c2cc(C(=N)N)sc2SC)c1. The number of allylic oxidation sites excluding steroid dienone is 1. The molecule has 3 N–H and O–H groups in total. The van der Waals surface area contributed by atoms with Crippen molar-refractivity contribution in [2.45, 2.75) is 27.8 Å². The van der Waals surface area contributed by atoms with Gasteiger partial charge in [0.05, 0.1) is 25.5 Å². The topological polar surface area (TPSA) is 110 Å². The third kappa shape index (κ3) is 4.79. The molecule has 0 saturated carbocycles. The van der Waals surface area contributed by atoms with Crippen LogP contribution in [0.1, 0.15) is 24.3 Å². The fourth-order valence-corrected chi connectivity index (χ4v) is 6.20. The minimum absolute atomic E-state index is 0.111. The van der Waals surface area contributed by atoms with Gasteiger partial charge in [0.2, 0.25) is 9.84 Å². The molecule has 0 fully saturated rings. The van der Waals surface area contributed by atoms with E-state index in [1.807, 2.05) is 0 Å². The van der Waals surface area contributed by atoms with E-state index in [0.29, 0.717) is 20.2 Å². The maximum Gasteiger partial charge on any atom is 0.331 e. The molecule has 2 rings (SSSR count). The van der Waals surface area contributed by atoms with Crippen LogP contribution >= 0.6 is 23.1 Å². The monoisotopic (exact) mass is 424 g/mol. The smallest absolute Gasteiger partial charge is 0.331 e. The van der Waals surface area contributed by atoms with Gasteiger partial charge in [-0.15, -0.1) is 23.1 Å². The number of hydrogen-bond donors (Lipinski definition) is 2. The zero-order chi connectivity index (χ0) is 20.2. The Labute approximate surface area is 166 Å². The Morgan fingerprint density at radius 3 is 2.67 bits per heavy atom. The Morgan fingerprint density at radius 2 is 2.07 bits per heavy atom. The van der Waals surface area contributed by atoms with Gasteiger partial charge in [-0.25, -0.2) is 13.2 Å². The molecule has 6 nitrogen and oxygen atoms in total. The number of benzene rings is 1. The average molecular weight is 425 g/mol. The van der Waals surface area contributed by atoms with Gasteiger partial charge >= 0.3 is 5.97 Å². The van der Waals surface area contributed by atoms with Crippen LogP contribution in [0.15, 0.2) is 50.4 Å². The van der Waals surface area contributed by atoms with Crippen molar-refractivity contribution < 1.29 is 17.9 Å². The summed E-state index contributed by atoms with van der Waals surface area (Å²) in [4.78, 5) is 12.3. The minimum atomic E-state index is -3.80. The van der Waals surface area contributed by atoms with Crippen LogP contribution in [-0.2, 0) is 19.4 Å². The van der Waals surface area contributed by atoms with Gasteiger partial charge in [-0.05, 0) is 49.4 Å². The Bertz CT molecular complexity index is 1010. The van der Waals surface area contributed by atoms with E-state index in [9.17, 15) is 13.2 Å². The molecule has 1 heterocycles. The quantitative estimate of drug-likeness (QED) is 0.231. The van der Waals surface area contributed by atoms with Crippen molar-refractivity contribution in [3.05, 3.63) is 46.8 Å². The molecular weight excluding hydrogens is 404 g/mol. The largest absolute Gasteiger partial charge is 0.463 e. The third-order valence-corrected chi connectivity index (χ3v) is 7.96.